The molecule has 0 spiro atoms. The molecule has 4 heterocycles. The van der Waals surface area contributed by atoms with Gasteiger partial charge in [0.05, 0.1) is 12.1 Å². The third kappa shape index (κ3) is 5.05. The molecule has 190 valence electrons. The number of carbonyl (C=O) groups is 1. The molecule has 2 aromatic heterocycles. The fourth-order valence-electron chi connectivity index (χ4n) is 4.94. The number of ether oxygens (including phenoxy) is 2. The second kappa shape index (κ2) is 10.1. The van der Waals surface area contributed by atoms with Gasteiger partial charge in [-0.1, -0.05) is 0 Å². The Bertz CT molecular complexity index is 1390. The number of sulfone groups is 1. The Hall–Kier alpha value is -3.11. The largest absolute Gasteiger partial charge is 0.488 e. The zero-order chi connectivity index (χ0) is 25.3. The van der Waals surface area contributed by atoms with Crippen molar-refractivity contribution < 1.29 is 27.1 Å². The maximum atomic E-state index is 13.7. The van der Waals surface area contributed by atoms with Crippen LogP contribution in [0, 0.1) is 5.92 Å². The molecule has 8 nitrogen and oxygen atoms in total. The minimum absolute atomic E-state index is 0.0209. The molecule has 36 heavy (non-hydrogen) atoms. The Kier molecular flexibility index (Phi) is 6.90. The Balaban J connectivity index is 1.38. The number of rotatable bonds is 6. The van der Waals surface area contributed by atoms with Crippen LogP contribution >= 0.6 is 0 Å². The van der Waals surface area contributed by atoms with Gasteiger partial charge in [0.1, 0.15) is 18.5 Å². The van der Waals surface area contributed by atoms with E-state index in [2.05, 4.69) is 9.97 Å². The van der Waals surface area contributed by atoms with Crippen molar-refractivity contribution in [3.8, 4) is 16.9 Å². The summed E-state index contributed by atoms with van der Waals surface area (Å²) in [4.78, 5) is 23.2. The predicted octanol–water partition coefficient (Wildman–Crippen LogP) is 3.58. The number of likely N-dealkylation sites (tertiary alicyclic amines) is 1. The molecule has 2 saturated heterocycles. The summed E-state index contributed by atoms with van der Waals surface area (Å²) in [6, 6.07) is 8.88. The lowest BCUT2D eigenvalue weighted by Crippen LogP contribution is -2.38. The molecule has 3 aromatic rings. The van der Waals surface area contributed by atoms with Gasteiger partial charge < -0.3 is 14.4 Å². The fourth-order valence-corrected chi connectivity index (χ4v) is 5.78. The first-order valence-corrected chi connectivity index (χ1v) is 13.9. The monoisotopic (exact) mass is 513 g/mol. The highest BCUT2D eigenvalue weighted by Gasteiger charge is 2.32. The first-order valence-electron chi connectivity index (χ1n) is 12.0. The number of benzene rings is 1. The minimum Gasteiger partial charge on any atom is -0.488 e. The van der Waals surface area contributed by atoms with Crippen LogP contribution in [0.4, 0.5) is 4.39 Å². The van der Waals surface area contributed by atoms with Crippen molar-refractivity contribution in [2.45, 2.75) is 37.1 Å². The van der Waals surface area contributed by atoms with Crippen LogP contribution in [0.5, 0.6) is 5.75 Å². The maximum absolute atomic E-state index is 13.7. The standard InChI is InChI=1S/C26H28FN3O5S/c1-36(32,33)25-18(14-27)12-19(15-29-25)22-4-8-28-24-3-2-20(13-23(22)24)35-21-5-9-30(16-21)26(31)17-6-10-34-11-7-17/h2-4,8,12-13,15,17,21H,5-7,9-11,14,16H2,1H3/t21-/m0/s1. The van der Waals surface area contributed by atoms with Gasteiger partial charge in [-0.15, -0.1) is 0 Å². The quantitative estimate of drug-likeness (QED) is 0.497. The van der Waals surface area contributed by atoms with E-state index in [9.17, 15) is 17.6 Å². The molecule has 0 aliphatic carbocycles. The molecule has 1 aromatic carbocycles. The molecular formula is C26H28FN3O5S. The zero-order valence-corrected chi connectivity index (χ0v) is 20.8. The van der Waals surface area contributed by atoms with E-state index in [1.165, 1.54) is 12.3 Å². The minimum atomic E-state index is -3.64. The molecule has 0 radical (unpaired) electrons. The number of fused-ring (bicyclic) bond motifs is 1. The SMILES string of the molecule is CS(=O)(=O)c1ncc(-c2ccnc3ccc(O[C@H]4CCN(C(=O)C5CCOCC5)C4)cc23)cc1CF. The molecule has 0 bridgehead atoms. The second-order valence-corrected chi connectivity index (χ2v) is 11.3. The Morgan fingerprint density at radius 2 is 1.97 bits per heavy atom. The van der Waals surface area contributed by atoms with E-state index < -0.39 is 16.5 Å². The van der Waals surface area contributed by atoms with Crippen molar-refractivity contribution in [1.29, 1.82) is 0 Å². The highest BCUT2D eigenvalue weighted by Crippen LogP contribution is 2.32. The summed E-state index contributed by atoms with van der Waals surface area (Å²) in [6.07, 6.45) is 6.28. The van der Waals surface area contributed by atoms with Crippen LogP contribution in [-0.4, -0.2) is 67.9 Å². The molecule has 0 saturated carbocycles. The number of carbonyl (C=O) groups excluding carboxylic acids is 1. The number of halogens is 1. The maximum Gasteiger partial charge on any atom is 0.225 e. The van der Waals surface area contributed by atoms with Crippen molar-refractivity contribution >= 4 is 26.6 Å². The lowest BCUT2D eigenvalue weighted by Gasteiger charge is -2.26. The summed E-state index contributed by atoms with van der Waals surface area (Å²) in [6.45, 7) is 1.55. The highest BCUT2D eigenvalue weighted by molar-refractivity contribution is 7.90. The Labute approximate surface area is 209 Å². The molecule has 1 amide bonds. The van der Waals surface area contributed by atoms with Crippen molar-refractivity contribution in [2.24, 2.45) is 5.92 Å². The number of amides is 1. The van der Waals surface area contributed by atoms with Gasteiger partial charge in [0.2, 0.25) is 5.91 Å². The second-order valence-electron chi connectivity index (χ2n) is 9.33. The molecule has 5 rings (SSSR count). The average Bonchev–Trinajstić information content (AvgIpc) is 3.36. The summed E-state index contributed by atoms with van der Waals surface area (Å²) >= 11 is 0. The Morgan fingerprint density at radius 1 is 1.17 bits per heavy atom. The van der Waals surface area contributed by atoms with Crippen LogP contribution in [0.25, 0.3) is 22.0 Å². The summed E-state index contributed by atoms with van der Waals surface area (Å²) in [7, 11) is -3.64. The molecule has 2 aliphatic heterocycles. The average molecular weight is 514 g/mol. The zero-order valence-electron chi connectivity index (χ0n) is 20.0. The van der Waals surface area contributed by atoms with Crippen LogP contribution in [0.2, 0.25) is 0 Å². The van der Waals surface area contributed by atoms with E-state index >= 15 is 0 Å². The van der Waals surface area contributed by atoms with Crippen molar-refractivity contribution in [2.75, 3.05) is 32.6 Å². The molecule has 2 fully saturated rings. The van der Waals surface area contributed by atoms with Gasteiger partial charge in [0, 0.05) is 67.3 Å². The third-order valence-corrected chi connectivity index (χ3v) is 7.84. The van der Waals surface area contributed by atoms with Gasteiger partial charge in [0.15, 0.2) is 14.9 Å². The number of pyridine rings is 2. The van der Waals surface area contributed by atoms with Gasteiger partial charge in [-0.25, -0.2) is 17.8 Å². The summed E-state index contributed by atoms with van der Waals surface area (Å²) in [5.74, 6) is 0.861. The van der Waals surface area contributed by atoms with Crippen molar-refractivity contribution in [1.82, 2.24) is 14.9 Å². The number of alkyl halides is 1. The van der Waals surface area contributed by atoms with Crippen LogP contribution < -0.4 is 4.74 Å². The van der Waals surface area contributed by atoms with Gasteiger partial charge >= 0.3 is 0 Å². The van der Waals surface area contributed by atoms with E-state index in [0.717, 1.165) is 42.0 Å². The van der Waals surface area contributed by atoms with Crippen LogP contribution in [0.1, 0.15) is 24.8 Å². The normalized spacial score (nSPS) is 19.1. The van der Waals surface area contributed by atoms with E-state index in [4.69, 9.17) is 9.47 Å². The van der Waals surface area contributed by atoms with Crippen molar-refractivity contribution in [3.63, 3.8) is 0 Å². The third-order valence-electron chi connectivity index (χ3n) is 6.77. The predicted molar refractivity (Wildman–Crippen MR) is 132 cm³/mol. The molecular weight excluding hydrogens is 485 g/mol. The summed E-state index contributed by atoms with van der Waals surface area (Å²) < 4.78 is 49.2. The topological polar surface area (TPSA) is 98.7 Å². The van der Waals surface area contributed by atoms with Gasteiger partial charge in [-0.05, 0) is 48.7 Å². The van der Waals surface area contributed by atoms with E-state index in [-0.39, 0.29) is 28.5 Å². The molecule has 0 unspecified atom stereocenters. The Morgan fingerprint density at radius 3 is 2.72 bits per heavy atom. The molecule has 0 N–H and O–H groups in total. The summed E-state index contributed by atoms with van der Waals surface area (Å²) in [5.41, 5.74) is 2.08. The van der Waals surface area contributed by atoms with Crippen LogP contribution in [0.3, 0.4) is 0 Å². The lowest BCUT2D eigenvalue weighted by atomic mass is 9.99. The van der Waals surface area contributed by atoms with Gasteiger partial charge in [-0.2, -0.15) is 0 Å². The first-order chi connectivity index (χ1) is 17.3. The van der Waals surface area contributed by atoms with Crippen LogP contribution in [-0.2, 0) is 26.0 Å². The number of nitrogens with zero attached hydrogens (tertiary/aromatic N) is 3. The molecule has 10 heteroatoms. The number of hydrogen-bond acceptors (Lipinski definition) is 7. The summed E-state index contributed by atoms with van der Waals surface area (Å²) in [5, 5.41) is 0.527. The highest BCUT2D eigenvalue weighted by atomic mass is 32.2. The first kappa shape index (κ1) is 24.6. The molecule has 2 aliphatic rings. The fraction of sp³-hybridized carbons (Fsp3) is 0.423. The van der Waals surface area contributed by atoms with Crippen molar-refractivity contribution in [3.05, 3.63) is 48.3 Å². The van der Waals surface area contributed by atoms with Gasteiger partial charge in [0.25, 0.3) is 0 Å². The van der Waals surface area contributed by atoms with Crippen LogP contribution in [0.15, 0.2) is 47.8 Å². The number of aromatic nitrogens is 2. The lowest BCUT2D eigenvalue weighted by molar-refractivity contribution is -0.137. The molecule has 1 atom stereocenters. The van der Waals surface area contributed by atoms with E-state index in [1.54, 1.807) is 12.3 Å². The van der Waals surface area contributed by atoms with E-state index in [1.807, 2.05) is 23.1 Å². The number of hydrogen-bond donors (Lipinski definition) is 0. The smallest absolute Gasteiger partial charge is 0.225 e. The van der Waals surface area contributed by atoms with E-state index in [0.29, 0.717) is 37.6 Å². The van der Waals surface area contributed by atoms with Gasteiger partial charge in [-0.3, -0.25) is 9.78 Å².